The van der Waals surface area contributed by atoms with Crippen LogP contribution in [0.15, 0.2) is 16.8 Å². The molecule has 2 aliphatic carbocycles. The molecule has 0 N–H and O–H groups in total. The second-order valence-electron chi connectivity index (χ2n) is 5.02. The van der Waals surface area contributed by atoms with Crippen LogP contribution in [0.2, 0.25) is 0 Å². The molecule has 0 saturated heterocycles. The molecule has 5 heteroatoms. The fourth-order valence-corrected chi connectivity index (χ4v) is 3.55. The normalized spacial score (nSPS) is 33.6. The van der Waals surface area contributed by atoms with Gasteiger partial charge in [-0.15, -0.1) is 11.3 Å². The number of carbonyl (C=O) groups is 1. The van der Waals surface area contributed by atoms with Crippen molar-refractivity contribution < 1.29 is 18.7 Å². The van der Waals surface area contributed by atoms with Gasteiger partial charge in [-0.05, 0) is 42.5 Å². The third-order valence-corrected chi connectivity index (χ3v) is 4.50. The molecule has 0 spiro atoms. The first-order valence-electron chi connectivity index (χ1n) is 6.21. The van der Waals surface area contributed by atoms with Crippen molar-refractivity contribution in [1.82, 2.24) is 0 Å². The van der Waals surface area contributed by atoms with Gasteiger partial charge in [-0.1, -0.05) is 0 Å². The van der Waals surface area contributed by atoms with E-state index in [1.807, 2.05) is 16.8 Å². The van der Waals surface area contributed by atoms with Crippen molar-refractivity contribution in [3.63, 3.8) is 0 Å². The van der Waals surface area contributed by atoms with Crippen molar-refractivity contribution in [2.75, 3.05) is 6.61 Å². The Balaban J connectivity index is 1.45. The summed E-state index contributed by atoms with van der Waals surface area (Å²) in [4.78, 5) is 11.6. The van der Waals surface area contributed by atoms with Crippen LogP contribution in [0.3, 0.4) is 0 Å². The van der Waals surface area contributed by atoms with Gasteiger partial charge in [-0.25, -0.2) is 9.18 Å². The third-order valence-electron chi connectivity index (χ3n) is 3.84. The van der Waals surface area contributed by atoms with E-state index in [9.17, 15) is 9.18 Å². The predicted octanol–water partition coefficient (Wildman–Crippen LogP) is 2.81. The Kier molecular flexibility index (Phi) is 3.24. The Labute approximate surface area is 109 Å². The van der Waals surface area contributed by atoms with Crippen LogP contribution in [0, 0.1) is 11.8 Å². The number of fused-ring (bicyclic) bond motifs is 2. The van der Waals surface area contributed by atoms with Gasteiger partial charge in [-0.2, -0.15) is 0 Å². The zero-order valence-electron chi connectivity index (χ0n) is 9.88. The zero-order chi connectivity index (χ0) is 12.5. The number of halogens is 1. The van der Waals surface area contributed by atoms with Crippen LogP contribution in [0.1, 0.15) is 19.3 Å². The summed E-state index contributed by atoms with van der Waals surface area (Å²) in [5.74, 6) is 0.656. The Morgan fingerprint density at radius 3 is 2.89 bits per heavy atom. The predicted molar refractivity (Wildman–Crippen MR) is 65.4 cm³/mol. The first kappa shape index (κ1) is 12.0. The van der Waals surface area contributed by atoms with Gasteiger partial charge in [0.1, 0.15) is 18.0 Å². The maximum Gasteiger partial charge on any atom is 0.344 e. The van der Waals surface area contributed by atoms with Crippen molar-refractivity contribution >= 4 is 17.3 Å². The van der Waals surface area contributed by atoms with Crippen molar-refractivity contribution in [1.29, 1.82) is 0 Å². The Hall–Kier alpha value is -1.10. The Morgan fingerprint density at radius 2 is 2.28 bits per heavy atom. The number of carbonyl (C=O) groups excluding carboxylic acids is 1. The van der Waals surface area contributed by atoms with Crippen molar-refractivity contribution in [3.05, 3.63) is 16.8 Å². The van der Waals surface area contributed by atoms with Crippen LogP contribution >= 0.6 is 11.3 Å². The van der Waals surface area contributed by atoms with Crippen LogP contribution in [0.25, 0.3) is 0 Å². The summed E-state index contributed by atoms with van der Waals surface area (Å²) in [5.41, 5.74) is 0. The summed E-state index contributed by atoms with van der Waals surface area (Å²) in [6.07, 6.45) is 1.31. The molecule has 2 fully saturated rings. The fourth-order valence-electron chi connectivity index (χ4n) is 2.98. The van der Waals surface area contributed by atoms with E-state index >= 15 is 0 Å². The lowest BCUT2D eigenvalue weighted by molar-refractivity contribution is -0.154. The maximum atomic E-state index is 13.3. The molecule has 18 heavy (non-hydrogen) atoms. The topological polar surface area (TPSA) is 35.5 Å². The highest BCUT2D eigenvalue weighted by molar-refractivity contribution is 7.08. The number of esters is 1. The second kappa shape index (κ2) is 4.88. The van der Waals surface area contributed by atoms with E-state index in [0.717, 1.165) is 6.42 Å². The van der Waals surface area contributed by atoms with E-state index in [4.69, 9.17) is 9.47 Å². The minimum Gasteiger partial charge on any atom is -0.481 e. The fraction of sp³-hybridized carbons (Fsp3) is 0.615. The number of hydrogen-bond acceptors (Lipinski definition) is 4. The summed E-state index contributed by atoms with van der Waals surface area (Å²) < 4.78 is 23.9. The van der Waals surface area contributed by atoms with Crippen LogP contribution < -0.4 is 4.74 Å². The van der Waals surface area contributed by atoms with Crippen LogP contribution in [0.5, 0.6) is 5.75 Å². The molecule has 0 aliphatic heterocycles. The molecule has 3 nitrogen and oxygen atoms in total. The third kappa shape index (κ3) is 2.36. The second-order valence-corrected chi connectivity index (χ2v) is 5.80. The number of alkyl halides is 1. The van der Waals surface area contributed by atoms with Crippen molar-refractivity contribution in [2.24, 2.45) is 11.8 Å². The molecule has 98 valence electrons. The average molecular weight is 270 g/mol. The zero-order valence-corrected chi connectivity index (χ0v) is 10.7. The van der Waals surface area contributed by atoms with E-state index in [-0.39, 0.29) is 30.5 Å². The SMILES string of the molecule is O=C(COc1ccsc1)OC1CC2CC1CC2F. The summed E-state index contributed by atoms with van der Waals surface area (Å²) in [5, 5.41) is 3.72. The lowest BCUT2D eigenvalue weighted by Gasteiger charge is -2.23. The lowest BCUT2D eigenvalue weighted by Crippen LogP contribution is -2.29. The summed E-state index contributed by atoms with van der Waals surface area (Å²) in [6, 6.07) is 1.81. The molecule has 0 amide bonds. The van der Waals surface area contributed by atoms with Gasteiger partial charge in [0.05, 0.1) is 0 Å². The van der Waals surface area contributed by atoms with Crippen LogP contribution in [0.4, 0.5) is 4.39 Å². The van der Waals surface area contributed by atoms with E-state index in [2.05, 4.69) is 0 Å². The molecule has 4 atom stereocenters. The highest BCUT2D eigenvalue weighted by Gasteiger charge is 2.47. The molecular weight excluding hydrogens is 255 g/mol. The van der Waals surface area contributed by atoms with Crippen LogP contribution in [-0.2, 0) is 9.53 Å². The van der Waals surface area contributed by atoms with Gasteiger partial charge in [0.25, 0.3) is 0 Å². The van der Waals surface area contributed by atoms with Gasteiger partial charge in [0.2, 0.25) is 0 Å². The van der Waals surface area contributed by atoms with Gasteiger partial charge in [0.15, 0.2) is 6.61 Å². The minimum atomic E-state index is -0.688. The average Bonchev–Trinajstić information content (AvgIpc) is 3.02. The highest BCUT2D eigenvalue weighted by Crippen LogP contribution is 2.47. The minimum absolute atomic E-state index is 0.0658. The summed E-state index contributed by atoms with van der Waals surface area (Å²) >= 11 is 1.52. The summed E-state index contributed by atoms with van der Waals surface area (Å²) in [7, 11) is 0. The molecule has 0 radical (unpaired) electrons. The summed E-state index contributed by atoms with van der Waals surface area (Å²) in [6.45, 7) is -0.0658. The maximum absolute atomic E-state index is 13.3. The van der Waals surface area contributed by atoms with Gasteiger partial charge < -0.3 is 9.47 Å². The smallest absolute Gasteiger partial charge is 0.344 e. The number of thiophene rings is 1. The first-order valence-corrected chi connectivity index (χ1v) is 7.15. The van der Waals surface area contributed by atoms with E-state index < -0.39 is 6.17 Å². The molecule has 1 aromatic rings. The van der Waals surface area contributed by atoms with Crippen LogP contribution in [-0.4, -0.2) is 24.9 Å². The Morgan fingerprint density at radius 1 is 1.39 bits per heavy atom. The van der Waals surface area contributed by atoms with Crippen molar-refractivity contribution in [2.45, 2.75) is 31.5 Å². The highest BCUT2D eigenvalue weighted by atomic mass is 32.1. The number of rotatable bonds is 4. The molecule has 0 aromatic carbocycles. The van der Waals surface area contributed by atoms with Crippen molar-refractivity contribution in [3.8, 4) is 5.75 Å². The first-order chi connectivity index (χ1) is 8.72. The van der Waals surface area contributed by atoms with E-state index in [0.29, 0.717) is 18.6 Å². The van der Waals surface area contributed by atoms with Gasteiger partial charge >= 0.3 is 5.97 Å². The molecule has 2 saturated carbocycles. The quantitative estimate of drug-likeness (QED) is 0.789. The molecule has 1 aromatic heterocycles. The van der Waals surface area contributed by atoms with E-state index in [1.165, 1.54) is 11.3 Å². The molecular formula is C13H15FO3S. The molecule has 2 aliphatic rings. The molecule has 4 unspecified atom stereocenters. The largest absolute Gasteiger partial charge is 0.481 e. The standard InChI is InChI=1S/C13H15FO3S/c14-11-4-9-3-8(11)5-12(9)17-13(15)6-16-10-1-2-18-7-10/h1-2,7-9,11-12H,3-6H2. The molecule has 1 heterocycles. The molecule has 2 bridgehead atoms. The molecule has 3 rings (SSSR count). The lowest BCUT2D eigenvalue weighted by atomic mass is 9.96. The Bertz CT molecular complexity index is 418. The number of ether oxygens (including phenoxy) is 2. The number of hydrogen-bond donors (Lipinski definition) is 0. The van der Waals surface area contributed by atoms with E-state index in [1.54, 1.807) is 0 Å². The van der Waals surface area contributed by atoms with Gasteiger partial charge in [0, 0.05) is 5.38 Å². The van der Waals surface area contributed by atoms with Gasteiger partial charge in [-0.3, -0.25) is 0 Å². The monoisotopic (exact) mass is 270 g/mol.